The number of tetrazole rings is 1. The maximum absolute atomic E-state index is 12.9. The first-order valence-corrected chi connectivity index (χ1v) is 6.94. The topological polar surface area (TPSA) is 156 Å². The van der Waals surface area contributed by atoms with Gasteiger partial charge in [0.15, 0.2) is 0 Å². The van der Waals surface area contributed by atoms with Crippen molar-refractivity contribution in [3.8, 4) is 0 Å². The summed E-state index contributed by atoms with van der Waals surface area (Å²) in [6.45, 7) is -0.233. The highest BCUT2D eigenvalue weighted by Crippen LogP contribution is 2.15. The number of H-pyrrole nitrogens is 1. The van der Waals surface area contributed by atoms with Gasteiger partial charge in [-0.25, -0.2) is 9.07 Å². The summed E-state index contributed by atoms with van der Waals surface area (Å²) in [5, 5.41) is 21.6. The lowest BCUT2D eigenvalue weighted by atomic mass is 10.3. The molecule has 0 saturated heterocycles. The van der Waals surface area contributed by atoms with Gasteiger partial charge in [-0.15, -0.1) is 0 Å². The number of hydrogen-bond donors (Lipinski definition) is 4. The zero-order valence-electron chi connectivity index (χ0n) is 12.6. The lowest BCUT2D eigenvalue weighted by Gasteiger charge is -2.07. The Labute approximate surface area is 139 Å². The van der Waals surface area contributed by atoms with Gasteiger partial charge in [-0.2, -0.15) is 5.10 Å². The molecule has 12 heteroatoms. The van der Waals surface area contributed by atoms with E-state index in [1.165, 1.54) is 30.5 Å². The van der Waals surface area contributed by atoms with Crippen molar-refractivity contribution in [3.05, 3.63) is 42.0 Å². The minimum Gasteiger partial charge on any atom is -0.367 e. The molecule has 0 fully saturated rings. The lowest BCUT2D eigenvalue weighted by molar-refractivity contribution is -0.116. The third-order valence-electron chi connectivity index (χ3n) is 3.10. The second-order valence-corrected chi connectivity index (χ2v) is 4.86. The molecule has 1 aromatic carbocycles. The average molecular weight is 345 g/mol. The second kappa shape index (κ2) is 6.74. The predicted octanol–water partition coefficient (Wildman–Crippen LogP) is 0.00850. The normalized spacial score (nSPS) is 10.4. The summed E-state index contributed by atoms with van der Waals surface area (Å²) in [6.07, 6.45) is 1.28. The van der Waals surface area contributed by atoms with Crippen molar-refractivity contribution >= 4 is 29.1 Å². The van der Waals surface area contributed by atoms with Crippen LogP contribution in [0, 0.1) is 5.82 Å². The zero-order valence-corrected chi connectivity index (χ0v) is 12.6. The Morgan fingerprint density at radius 3 is 2.68 bits per heavy atom. The molecule has 11 nitrogen and oxygen atoms in total. The molecule has 0 radical (unpaired) electrons. The van der Waals surface area contributed by atoms with Gasteiger partial charge in [-0.1, -0.05) is 5.10 Å². The summed E-state index contributed by atoms with van der Waals surface area (Å²) >= 11 is 0. The molecule has 0 spiro atoms. The number of aromatic nitrogens is 6. The zero-order chi connectivity index (χ0) is 17.8. The molecule has 3 rings (SSSR count). The summed E-state index contributed by atoms with van der Waals surface area (Å²) in [4.78, 5) is 24.3. The number of nitrogens with zero attached hydrogens (tertiary/aromatic N) is 5. The highest BCUT2D eigenvalue weighted by molar-refractivity contribution is 6.08. The first kappa shape index (κ1) is 16.0. The fourth-order valence-electron chi connectivity index (χ4n) is 1.93. The number of hydrogen-bond acceptors (Lipinski definition) is 7. The number of carbonyl (C=O) groups excluding carboxylic acids is 2. The summed E-state index contributed by atoms with van der Waals surface area (Å²) in [5.41, 5.74) is 6.06. The van der Waals surface area contributed by atoms with E-state index in [0.29, 0.717) is 5.69 Å². The SMILES string of the molecule is Nc1nnnn1CC(=O)Nc1cn[nH]c1C(=O)Nc1ccc(F)cc1. The Bertz CT molecular complexity index is 902. The van der Waals surface area contributed by atoms with Gasteiger partial charge in [0.2, 0.25) is 11.9 Å². The lowest BCUT2D eigenvalue weighted by Crippen LogP contribution is -2.22. The van der Waals surface area contributed by atoms with Crippen molar-refractivity contribution in [1.82, 2.24) is 30.4 Å². The molecular formula is C13H12FN9O2. The smallest absolute Gasteiger partial charge is 0.275 e. The number of nitrogens with one attached hydrogen (secondary N) is 3. The van der Waals surface area contributed by atoms with E-state index in [1.54, 1.807) is 0 Å². The molecule has 5 N–H and O–H groups in total. The Hall–Kier alpha value is -3.83. The molecule has 128 valence electrons. The van der Waals surface area contributed by atoms with Crippen molar-refractivity contribution in [1.29, 1.82) is 0 Å². The molecular weight excluding hydrogens is 333 g/mol. The predicted molar refractivity (Wildman–Crippen MR) is 83.8 cm³/mol. The van der Waals surface area contributed by atoms with Gasteiger partial charge < -0.3 is 16.4 Å². The molecule has 0 aliphatic heterocycles. The molecule has 2 aromatic heterocycles. The Balaban J connectivity index is 1.67. The van der Waals surface area contributed by atoms with E-state index < -0.39 is 17.6 Å². The number of anilines is 3. The third-order valence-corrected chi connectivity index (χ3v) is 3.10. The molecule has 3 aromatic rings. The first-order chi connectivity index (χ1) is 12.0. The largest absolute Gasteiger partial charge is 0.367 e. The van der Waals surface area contributed by atoms with E-state index in [-0.39, 0.29) is 23.9 Å². The molecule has 0 aliphatic carbocycles. The number of aromatic amines is 1. The quantitative estimate of drug-likeness (QED) is 0.507. The Kier molecular flexibility index (Phi) is 4.32. The van der Waals surface area contributed by atoms with Gasteiger partial charge >= 0.3 is 0 Å². The molecule has 25 heavy (non-hydrogen) atoms. The highest BCUT2D eigenvalue weighted by atomic mass is 19.1. The van der Waals surface area contributed by atoms with Crippen LogP contribution in [0.2, 0.25) is 0 Å². The van der Waals surface area contributed by atoms with Gasteiger partial charge in [0.05, 0.1) is 11.9 Å². The number of halogens is 1. The van der Waals surface area contributed by atoms with Crippen LogP contribution < -0.4 is 16.4 Å². The van der Waals surface area contributed by atoms with Crippen LogP contribution >= 0.6 is 0 Å². The maximum atomic E-state index is 12.9. The van der Waals surface area contributed by atoms with E-state index in [4.69, 9.17) is 5.73 Å². The van der Waals surface area contributed by atoms with E-state index in [0.717, 1.165) is 4.68 Å². The number of amides is 2. The van der Waals surface area contributed by atoms with E-state index in [9.17, 15) is 14.0 Å². The maximum Gasteiger partial charge on any atom is 0.275 e. The van der Waals surface area contributed by atoms with Crippen LogP contribution in [0.4, 0.5) is 21.7 Å². The van der Waals surface area contributed by atoms with Crippen LogP contribution in [0.1, 0.15) is 10.5 Å². The number of benzene rings is 1. The summed E-state index contributed by atoms with van der Waals surface area (Å²) < 4.78 is 14.0. The molecule has 0 atom stereocenters. The van der Waals surface area contributed by atoms with Crippen molar-refractivity contribution in [3.63, 3.8) is 0 Å². The van der Waals surface area contributed by atoms with Gasteiger partial charge in [-0.3, -0.25) is 14.7 Å². The molecule has 2 amide bonds. The van der Waals surface area contributed by atoms with Gasteiger partial charge in [0.1, 0.15) is 18.1 Å². The Morgan fingerprint density at radius 1 is 1.24 bits per heavy atom. The Morgan fingerprint density at radius 2 is 2.00 bits per heavy atom. The molecule has 0 bridgehead atoms. The fourth-order valence-corrected chi connectivity index (χ4v) is 1.93. The van der Waals surface area contributed by atoms with Crippen molar-refractivity contribution < 1.29 is 14.0 Å². The van der Waals surface area contributed by atoms with Crippen LogP contribution in [-0.4, -0.2) is 42.2 Å². The average Bonchev–Trinajstić information content (AvgIpc) is 3.19. The summed E-state index contributed by atoms with van der Waals surface area (Å²) in [7, 11) is 0. The van der Waals surface area contributed by atoms with Crippen LogP contribution in [0.25, 0.3) is 0 Å². The third kappa shape index (κ3) is 3.74. The summed E-state index contributed by atoms with van der Waals surface area (Å²) in [6, 6.07) is 5.23. The van der Waals surface area contributed by atoms with Crippen molar-refractivity contribution in [2.45, 2.75) is 6.54 Å². The first-order valence-electron chi connectivity index (χ1n) is 6.94. The molecule has 0 unspecified atom stereocenters. The minimum absolute atomic E-state index is 0.0170. The van der Waals surface area contributed by atoms with Crippen LogP contribution in [-0.2, 0) is 11.3 Å². The minimum atomic E-state index is -0.554. The van der Waals surface area contributed by atoms with Crippen LogP contribution in [0.15, 0.2) is 30.5 Å². The molecule has 2 heterocycles. The molecule has 0 saturated carbocycles. The van der Waals surface area contributed by atoms with Crippen molar-refractivity contribution in [2.24, 2.45) is 0 Å². The van der Waals surface area contributed by atoms with Gasteiger partial charge in [0, 0.05) is 5.69 Å². The van der Waals surface area contributed by atoms with Crippen LogP contribution in [0.3, 0.4) is 0 Å². The van der Waals surface area contributed by atoms with E-state index in [2.05, 4.69) is 36.4 Å². The van der Waals surface area contributed by atoms with Crippen LogP contribution in [0.5, 0.6) is 0 Å². The van der Waals surface area contributed by atoms with E-state index in [1.807, 2.05) is 0 Å². The standard InChI is InChI=1S/C13H12FN9O2/c14-7-1-3-8(4-2-7)17-12(25)11-9(5-16-19-11)18-10(24)6-23-13(15)20-21-22-23/h1-5H,6H2,(H,16,19)(H,17,25)(H,18,24)(H2,15,20,22). The number of rotatable bonds is 5. The fraction of sp³-hybridized carbons (Fsp3) is 0.0769. The number of nitrogen functional groups attached to an aromatic ring is 1. The number of carbonyl (C=O) groups is 2. The van der Waals surface area contributed by atoms with E-state index >= 15 is 0 Å². The van der Waals surface area contributed by atoms with Gasteiger partial charge in [0.25, 0.3) is 5.91 Å². The highest BCUT2D eigenvalue weighted by Gasteiger charge is 2.17. The van der Waals surface area contributed by atoms with Crippen molar-refractivity contribution in [2.75, 3.05) is 16.4 Å². The summed E-state index contributed by atoms with van der Waals surface area (Å²) in [5.74, 6) is -1.50. The van der Waals surface area contributed by atoms with Gasteiger partial charge in [-0.05, 0) is 34.7 Å². The monoisotopic (exact) mass is 345 g/mol. The number of nitrogens with two attached hydrogens (primary N) is 1. The molecule has 0 aliphatic rings. The second-order valence-electron chi connectivity index (χ2n) is 4.86.